The molecule has 14 heavy (non-hydrogen) atoms. The second-order valence-electron chi connectivity index (χ2n) is 3.79. The molecule has 1 rings (SSSR count). The van der Waals surface area contributed by atoms with E-state index in [-0.39, 0.29) is 12.0 Å². The molecule has 0 bridgehead atoms. The lowest BCUT2D eigenvalue weighted by Gasteiger charge is -2.36. The summed E-state index contributed by atoms with van der Waals surface area (Å²) in [5.74, 6) is -0.1000. The Morgan fingerprint density at radius 1 is 1.36 bits per heavy atom. The van der Waals surface area contributed by atoms with E-state index < -0.39 is 0 Å². The molecule has 0 N–H and O–H groups in total. The second-order valence-corrected chi connectivity index (χ2v) is 3.79. The zero-order chi connectivity index (χ0) is 10.6. The first-order valence-electron chi connectivity index (χ1n) is 5.19. The molecule has 4 nitrogen and oxygen atoms in total. The predicted octanol–water partition coefficient (Wildman–Crippen LogP) is 0.185. The predicted molar refractivity (Wildman–Crippen MR) is 55.2 cm³/mol. The first-order chi connectivity index (χ1) is 6.69. The van der Waals surface area contributed by atoms with Crippen LogP contribution in [0.3, 0.4) is 0 Å². The molecule has 0 radical (unpaired) electrons. The highest BCUT2D eigenvalue weighted by atomic mass is 16.5. The minimum atomic E-state index is -0.1000. The van der Waals surface area contributed by atoms with Crippen LogP contribution in [-0.2, 0) is 9.53 Å². The second kappa shape index (κ2) is 5.32. The highest BCUT2D eigenvalue weighted by molar-refractivity contribution is 5.75. The lowest BCUT2D eigenvalue weighted by molar-refractivity contribution is -0.147. The molecule has 1 atom stereocenters. The summed E-state index contributed by atoms with van der Waals surface area (Å²) in [6.45, 7) is 6.02. The fourth-order valence-corrected chi connectivity index (χ4v) is 1.84. The van der Waals surface area contributed by atoms with Gasteiger partial charge in [-0.1, -0.05) is 6.92 Å². The van der Waals surface area contributed by atoms with Crippen LogP contribution in [0.1, 0.15) is 13.3 Å². The van der Waals surface area contributed by atoms with Crippen LogP contribution in [0.2, 0.25) is 0 Å². The van der Waals surface area contributed by atoms with Crippen molar-refractivity contribution in [2.24, 2.45) is 0 Å². The summed E-state index contributed by atoms with van der Waals surface area (Å²) < 4.78 is 4.79. The van der Waals surface area contributed by atoms with Gasteiger partial charge >= 0.3 is 5.97 Å². The quantitative estimate of drug-likeness (QED) is 0.609. The SMILES string of the molecule is CC[C@H](C(=O)OC)N1CCN(C)CC1. The van der Waals surface area contributed by atoms with Crippen molar-refractivity contribution in [3.05, 3.63) is 0 Å². The number of nitrogens with zero attached hydrogens (tertiary/aromatic N) is 2. The number of hydrogen-bond acceptors (Lipinski definition) is 4. The summed E-state index contributed by atoms with van der Waals surface area (Å²) in [6.07, 6.45) is 0.830. The number of methoxy groups -OCH3 is 1. The fourth-order valence-electron chi connectivity index (χ4n) is 1.84. The molecule has 0 aromatic rings. The normalized spacial score (nSPS) is 21.9. The molecule has 4 heteroatoms. The minimum absolute atomic E-state index is 0.0475. The lowest BCUT2D eigenvalue weighted by Crippen LogP contribution is -2.51. The van der Waals surface area contributed by atoms with Gasteiger partial charge in [0.05, 0.1) is 7.11 Å². The first kappa shape index (κ1) is 11.5. The summed E-state index contributed by atoms with van der Waals surface area (Å²) in [5.41, 5.74) is 0. The van der Waals surface area contributed by atoms with Gasteiger partial charge in [-0.05, 0) is 13.5 Å². The first-order valence-corrected chi connectivity index (χ1v) is 5.19. The van der Waals surface area contributed by atoms with Crippen LogP contribution in [0.4, 0.5) is 0 Å². The number of carbonyl (C=O) groups excluding carboxylic acids is 1. The molecule has 0 saturated carbocycles. The van der Waals surface area contributed by atoms with E-state index in [1.807, 2.05) is 6.92 Å². The summed E-state index contributed by atoms with van der Waals surface area (Å²) in [7, 11) is 3.57. The van der Waals surface area contributed by atoms with Gasteiger partial charge < -0.3 is 9.64 Å². The molecular weight excluding hydrogens is 180 g/mol. The van der Waals surface area contributed by atoms with Crippen LogP contribution < -0.4 is 0 Å². The number of rotatable bonds is 3. The average molecular weight is 200 g/mol. The Kier molecular flexibility index (Phi) is 4.35. The smallest absolute Gasteiger partial charge is 0.323 e. The van der Waals surface area contributed by atoms with Gasteiger partial charge in [-0.2, -0.15) is 0 Å². The van der Waals surface area contributed by atoms with Gasteiger partial charge in [0.15, 0.2) is 0 Å². The van der Waals surface area contributed by atoms with Crippen LogP contribution in [0, 0.1) is 0 Å². The van der Waals surface area contributed by atoms with Gasteiger partial charge in [0, 0.05) is 26.2 Å². The molecule has 1 saturated heterocycles. The summed E-state index contributed by atoms with van der Waals surface area (Å²) in [5, 5.41) is 0. The van der Waals surface area contributed by atoms with E-state index in [2.05, 4.69) is 16.8 Å². The Balaban J connectivity index is 2.48. The van der Waals surface area contributed by atoms with E-state index in [0.717, 1.165) is 32.6 Å². The number of hydrogen-bond donors (Lipinski definition) is 0. The molecule has 0 unspecified atom stereocenters. The zero-order valence-electron chi connectivity index (χ0n) is 9.32. The van der Waals surface area contributed by atoms with Crippen molar-refractivity contribution in [2.45, 2.75) is 19.4 Å². The van der Waals surface area contributed by atoms with Crippen molar-refractivity contribution in [3.63, 3.8) is 0 Å². The number of ether oxygens (including phenoxy) is 1. The summed E-state index contributed by atoms with van der Waals surface area (Å²) in [4.78, 5) is 15.9. The lowest BCUT2D eigenvalue weighted by atomic mass is 10.1. The molecule has 0 aliphatic carbocycles. The molecule has 0 aromatic carbocycles. The highest BCUT2D eigenvalue weighted by Crippen LogP contribution is 2.09. The van der Waals surface area contributed by atoms with E-state index in [4.69, 9.17) is 4.74 Å². The van der Waals surface area contributed by atoms with Crippen LogP contribution in [0.15, 0.2) is 0 Å². The molecule has 82 valence electrons. The van der Waals surface area contributed by atoms with Gasteiger partial charge in [-0.25, -0.2) is 0 Å². The Labute approximate surface area is 85.8 Å². The average Bonchev–Trinajstić information content (AvgIpc) is 2.21. The molecule has 0 aromatic heterocycles. The fraction of sp³-hybridized carbons (Fsp3) is 0.900. The molecule has 1 aliphatic heterocycles. The van der Waals surface area contributed by atoms with Crippen molar-refractivity contribution >= 4 is 5.97 Å². The monoisotopic (exact) mass is 200 g/mol. The van der Waals surface area contributed by atoms with E-state index in [9.17, 15) is 4.79 Å². The van der Waals surface area contributed by atoms with Crippen LogP contribution >= 0.6 is 0 Å². The van der Waals surface area contributed by atoms with Gasteiger partial charge in [-0.15, -0.1) is 0 Å². The molecule has 0 amide bonds. The third-order valence-electron chi connectivity index (χ3n) is 2.84. The van der Waals surface area contributed by atoms with E-state index >= 15 is 0 Å². The van der Waals surface area contributed by atoms with Crippen molar-refractivity contribution in [1.82, 2.24) is 9.80 Å². The maximum absolute atomic E-state index is 11.4. The molecule has 0 spiro atoms. The number of esters is 1. The van der Waals surface area contributed by atoms with E-state index in [1.54, 1.807) is 0 Å². The number of carbonyl (C=O) groups is 1. The van der Waals surface area contributed by atoms with Crippen molar-refractivity contribution in [3.8, 4) is 0 Å². The number of likely N-dealkylation sites (N-methyl/N-ethyl adjacent to an activating group) is 1. The molecule has 1 fully saturated rings. The maximum Gasteiger partial charge on any atom is 0.323 e. The van der Waals surface area contributed by atoms with Crippen molar-refractivity contribution in [1.29, 1.82) is 0 Å². The van der Waals surface area contributed by atoms with Crippen molar-refractivity contribution < 1.29 is 9.53 Å². The maximum atomic E-state index is 11.4. The molecular formula is C10H20N2O2. The zero-order valence-corrected chi connectivity index (χ0v) is 9.32. The van der Waals surface area contributed by atoms with Gasteiger partial charge in [0.25, 0.3) is 0 Å². The molecule has 1 heterocycles. The Hall–Kier alpha value is -0.610. The van der Waals surface area contributed by atoms with Crippen LogP contribution in [-0.4, -0.2) is 62.1 Å². The summed E-state index contributed by atoms with van der Waals surface area (Å²) in [6, 6.07) is -0.0475. The van der Waals surface area contributed by atoms with E-state index in [1.165, 1.54) is 7.11 Å². The Morgan fingerprint density at radius 3 is 2.36 bits per heavy atom. The molecule has 1 aliphatic rings. The van der Waals surface area contributed by atoms with Gasteiger partial charge in [0.1, 0.15) is 6.04 Å². The Morgan fingerprint density at radius 2 is 1.93 bits per heavy atom. The highest BCUT2D eigenvalue weighted by Gasteiger charge is 2.27. The minimum Gasteiger partial charge on any atom is -0.468 e. The summed E-state index contributed by atoms with van der Waals surface area (Å²) >= 11 is 0. The van der Waals surface area contributed by atoms with Crippen LogP contribution in [0.25, 0.3) is 0 Å². The standard InChI is InChI=1S/C10H20N2O2/c1-4-9(10(13)14-3)12-7-5-11(2)6-8-12/h9H,4-8H2,1-3H3/t9-/m1/s1. The topological polar surface area (TPSA) is 32.8 Å². The van der Waals surface area contributed by atoms with Crippen molar-refractivity contribution in [2.75, 3.05) is 40.3 Å². The Bertz CT molecular complexity index is 189. The largest absolute Gasteiger partial charge is 0.468 e. The van der Waals surface area contributed by atoms with Gasteiger partial charge in [-0.3, -0.25) is 9.69 Å². The van der Waals surface area contributed by atoms with E-state index in [0.29, 0.717) is 0 Å². The van der Waals surface area contributed by atoms with Crippen LogP contribution in [0.5, 0.6) is 0 Å². The third-order valence-corrected chi connectivity index (χ3v) is 2.84. The number of piperazine rings is 1. The van der Waals surface area contributed by atoms with Gasteiger partial charge in [0.2, 0.25) is 0 Å². The third kappa shape index (κ3) is 2.69.